The third-order valence-corrected chi connectivity index (χ3v) is 6.97. The Morgan fingerprint density at radius 3 is 2.46 bits per heavy atom. The molecule has 0 spiro atoms. The van der Waals surface area contributed by atoms with Crippen molar-refractivity contribution in [3.8, 4) is 0 Å². The highest BCUT2D eigenvalue weighted by Gasteiger charge is 2.22. The quantitative estimate of drug-likeness (QED) is 0.650. The summed E-state index contributed by atoms with van der Waals surface area (Å²) in [5.41, 5.74) is 5.93. The first kappa shape index (κ1) is 20.4. The molecule has 1 heterocycles. The summed E-state index contributed by atoms with van der Waals surface area (Å²) < 4.78 is 27.1. The summed E-state index contributed by atoms with van der Waals surface area (Å²) in [5, 5.41) is 0. The van der Waals surface area contributed by atoms with Crippen molar-refractivity contribution in [2.45, 2.75) is 18.7 Å². The van der Waals surface area contributed by atoms with Gasteiger partial charge in [-0.3, -0.25) is 15.6 Å². The lowest BCUT2D eigenvalue weighted by atomic mass is 10.2. The molecule has 0 atom stereocenters. The molecule has 2 N–H and O–H groups in total. The molecule has 2 rings (SSSR count). The summed E-state index contributed by atoms with van der Waals surface area (Å²) in [6.07, 6.45) is 0. The second-order valence-corrected chi connectivity index (χ2v) is 8.93. The van der Waals surface area contributed by atoms with Gasteiger partial charge in [-0.1, -0.05) is 38.1 Å². The van der Waals surface area contributed by atoms with Crippen LogP contribution in [0.4, 0.5) is 0 Å². The predicted molar refractivity (Wildman–Crippen MR) is 106 cm³/mol. The number of sulfonamides is 1. The molecule has 0 unspecified atom stereocenters. The minimum atomic E-state index is -3.63. The highest BCUT2D eigenvalue weighted by Crippen LogP contribution is 2.25. The van der Waals surface area contributed by atoms with Crippen molar-refractivity contribution in [1.82, 2.24) is 15.2 Å². The number of amides is 1. The Hall–Kier alpha value is -1.87. The Bertz CT molecular complexity index is 905. The molecule has 2 aromatic rings. The summed E-state index contributed by atoms with van der Waals surface area (Å²) in [5.74, 6) is -0.467. The molecular weight excluding hydrogens is 394 g/mol. The lowest BCUT2D eigenvalue weighted by Crippen LogP contribution is -2.36. The molecule has 0 aliphatic heterocycles. The van der Waals surface area contributed by atoms with Crippen LogP contribution >= 0.6 is 22.9 Å². The number of hydrazine groups is 1. The molecule has 6 nitrogen and oxygen atoms in total. The van der Waals surface area contributed by atoms with E-state index in [1.807, 2.05) is 0 Å². The van der Waals surface area contributed by atoms with Crippen molar-refractivity contribution < 1.29 is 13.2 Å². The number of hydrogen-bond donors (Lipinski definition) is 2. The van der Waals surface area contributed by atoms with Crippen molar-refractivity contribution in [1.29, 1.82) is 0 Å². The molecule has 1 aromatic carbocycles. The largest absolute Gasteiger partial charge is 0.298 e. The Morgan fingerprint density at radius 1 is 1.19 bits per heavy atom. The van der Waals surface area contributed by atoms with E-state index in [-0.39, 0.29) is 10.5 Å². The Morgan fingerprint density at radius 2 is 1.88 bits per heavy atom. The van der Waals surface area contributed by atoms with Crippen LogP contribution in [0.3, 0.4) is 0 Å². The van der Waals surface area contributed by atoms with Crippen molar-refractivity contribution >= 4 is 44.6 Å². The smallest absolute Gasteiger partial charge is 0.269 e. The molecule has 1 amide bonds. The van der Waals surface area contributed by atoms with Crippen LogP contribution in [0.2, 0.25) is 4.34 Å². The molecule has 1 aromatic heterocycles. The van der Waals surface area contributed by atoms with E-state index in [1.165, 1.54) is 27.8 Å². The fourth-order valence-electron chi connectivity index (χ4n) is 2.25. The van der Waals surface area contributed by atoms with Gasteiger partial charge in [-0.15, -0.1) is 11.3 Å². The normalized spacial score (nSPS) is 11.4. The number of nitrogens with zero attached hydrogens (tertiary/aromatic N) is 1. The summed E-state index contributed by atoms with van der Waals surface area (Å²) in [6.45, 7) is 8.09. The minimum Gasteiger partial charge on any atom is -0.298 e. The van der Waals surface area contributed by atoms with Gasteiger partial charge in [0.2, 0.25) is 10.0 Å². The number of benzene rings is 1. The number of carbonyl (C=O) groups excluding carboxylic acids is 1. The van der Waals surface area contributed by atoms with Crippen LogP contribution in [0, 0.1) is 0 Å². The first-order valence-corrected chi connectivity index (χ1v) is 10.5. The van der Waals surface area contributed by atoms with Crippen molar-refractivity contribution in [3.05, 3.63) is 57.8 Å². The van der Waals surface area contributed by atoms with Crippen LogP contribution in [-0.4, -0.2) is 31.7 Å². The van der Waals surface area contributed by atoms with Gasteiger partial charge in [-0.2, -0.15) is 4.31 Å². The Labute approximate surface area is 162 Å². The van der Waals surface area contributed by atoms with Gasteiger partial charge in [0.25, 0.3) is 5.91 Å². The topological polar surface area (TPSA) is 78.5 Å². The van der Waals surface area contributed by atoms with Crippen LogP contribution in [-0.2, 0) is 10.0 Å². The number of nitrogens with one attached hydrogen (secondary N) is 2. The zero-order chi connectivity index (χ0) is 19.3. The molecule has 0 radical (unpaired) electrons. The molecule has 26 heavy (non-hydrogen) atoms. The van der Waals surface area contributed by atoms with Gasteiger partial charge in [-0.05, 0) is 30.3 Å². The number of hydrogen-bond acceptors (Lipinski definition) is 5. The third kappa shape index (κ3) is 4.64. The van der Waals surface area contributed by atoms with E-state index in [9.17, 15) is 13.2 Å². The third-order valence-electron chi connectivity index (χ3n) is 3.64. The van der Waals surface area contributed by atoms with E-state index >= 15 is 0 Å². The van der Waals surface area contributed by atoms with E-state index in [1.54, 1.807) is 38.1 Å². The second-order valence-electron chi connectivity index (χ2n) is 5.28. The zero-order valence-corrected chi connectivity index (χ0v) is 16.8. The van der Waals surface area contributed by atoms with Crippen molar-refractivity contribution in [2.24, 2.45) is 0 Å². The number of halogens is 1. The van der Waals surface area contributed by atoms with Gasteiger partial charge < -0.3 is 0 Å². The molecule has 140 valence electrons. The molecular formula is C17H20ClN3O3S2. The monoisotopic (exact) mass is 413 g/mol. The van der Waals surface area contributed by atoms with E-state index in [0.29, 0.717) is 23.1 Å². The van der Waals surface area contributed by atoms with Crippen LogP contribution in [0.15, 0.2) is 47.9 Å². The van der Waals surface area contributed by atoms with Gasteiger partial charge in [-0.25, -0.2) is 8.42 Å². The Balaban J connectivity index is 2.12. The zero-order valence-electron chi connectivity index (χ0n) is 14.5. The number of thiophene rings is 1. The highest BCUT2D eigenvalue weighted by molar-refractivity contribution is 7.89. The van der Waals surface area contributed by atoms with Crippen molar-refractivity contribution in [3.63, 3.8) is 0 Å². The number of rotatable bonds is 8. The standard InChI is InChI=1S/C17H20ClN3O3S2/c1-4-21(5-2)26(23,24)14-8-6-7-13(11-14)17(22)20-19-12(3)15-9-10-16(18)25-15/h6-11,19H,3-5H2,1-2H3,(H,20,22). The predicted octanol–water partition coefficient (Wildman–Crippen LogP) is 3.34. The fourth-order valence-corrected chi connectivity index (χ4v) is 4.73. The highest BCUT2D eigenvalue weighted by atomic mass is 35.5. The summed E-state index contributed by atoms with van der Waals surface area (Å²) in [6, 6.07) is 9.44. The van der Waals surface area contributed by atoms with Crippen LogP contribution in [0.5, 0.6) is 0 Å². The first-order chi connectivity index (χ1) is 12.3. The number of carbonyl (C=O) groups is 1. The minimum absolute atomic E-state index is 0.0812. The van der Waals surface area contributed by atoms with Crippen molar-refractivity contribution in [2.75, 3.05) is 13.1 Å². The Kier molecular flexibility index (Phi) is 6.82. The van der Waals surface area contributed by atoms with Crippen LogP contribution in [0.25, 0.3) is 5.70 Å². The van der Waals surface area contributed by atoms with Gasteiger partial charge in [0.1, 0.15) is 0 Å². The van der Waals surface area contributed by atoms with Crippen LogP contribution < -0.4 is 10.9 Å². The van der Waals surface area contributed by atoms with Gasteiger partial charge in [0, 0.05) is 18.7 Å². The van der Waals surface area contributed by atoms with Gasteiger partial charge >= 0.3 is 0 Å². The average molecular weight is 414 g/mol. The van der Waals surface area contributed by atoms with E-state index < -0.39 is 15.9 Å². The summed E-state index contributed by atoms with van der Waals surface area (Å²) in [4.78, 5) is 13.2. The fraction of sp³-hybridized carbons (Fsp3) is 0.235. The van der Waals surface area contributed by atoms with E-state index in [0.717, 1.165) is 4.88 Å². The van der Waals surface area contributed by atoms with E-state index in [4.69, 9.17) is 11.6 Å². The molecule has 0 fully saturated rings. The lowest BCUT2D eigenvalue weighted by Gasteiger charge is -2.18. The SMILES string of the molecule is C=C(NNC(=O)c1cccc(S(=O)(=O)N(CC)CC)c1)c1ccc(Cl)s1. The maximum Gasteiger partial charge on any atom is 0.269 e. The molecule has 0 saturated heterocycles. The van der Waals surface area contributed by atoms with E-state index in [2.05, 4.69) is 17.4 Å². The van der Waals surface area contributed by atoms with Gasteiger partial charge in [0.15, 0.2) is 0 Å². The molecule has 0 aliphatic rings. The van der Waals surface area contributed by atoms with Crippen LogP contribution in [0.1, 0.15) is 29.1 Å². The maximum absolute atomic E-state index is 12.6. The molecule has 0 bridgehead atoms. The molecule has 0 aliphatic carbocycles. The first-order valence-electron chi connectivity index (χ1n) is 7.90. The lowest BCUT2D eigenvalue weighted by molar-refractivity contribution is 0.0942. The van der Waals surface area contributed by atoms with Gasteiger partial charge in [0.05, 0.1) is 19.8 Å². The molecule has 9 heteroatoms. The molecule has 0 saturated carbocycles. The summed E-state index contributed by atoms with van der Waals surface area (Å²) in [7, 11) is -3.63. The maximum atomic E-state index is 12.6. The summed E-state index contributed by atoms with van der Waals surface area (Å²) >= 11 is 7.20. The average Bonchev–Trinajstić information content (AvgIpc) is 3.07. The second kappa shape index (κ2) is 8.68.